The van der Waals surface area contributed by atoms with Crippen LogP contribution >= 0.6 is 31.9 Å². The van der Waals surface area contributed by atoms with E-state index in [4.69, 9.17) is 0 Å². The lowest BCUT2D eigenvalue weighted by atomic mass is 10.0. The van der Waals surface area contributed by atoms with Crippen molar-refractivity contribution >= 4 is 37.8 Å². The molecule has 0 fully saturated rings. The van der Waals surface area contributed by atoms with E-state index in [1.54, 1.807) is 6.07 Å². The second-order valence-corrected chi connectivity index (χ2v) is 6.78. The summed E-state index contributed by atoms with van der Waals surface area (Å²) in [4.78, 5) is 15.7. The highest BCUT2D eigenvalue weighted by atomic mass is 79.9. The summed E-state index contributed by atoms with van der Waals surface area (Å²) in [5.41, 5.74) is 3.30. The topological polar surface area (TPSA) is 50.2 Å². The maximum absolute atomic E-state index is 11.4. The number of carboxylic acid groups (broad SMARTS) is 1. The zero-order chi connectivity index (χ0) is 16.4. The highest BCUT2D eigenvalue weighted by Gasteiger charge is 2.11. The molecular formula is C18H11Br2NO2. The molecule has 1 N–H and O–H groups in total. The van der Waals surface area contributed by atoms with Gasteiger partial charge in [0.05, 0.1) is 5.69 Å². The van der Waals surface area contributed by atoms with Gasteiger partial charge in [-0.05, 0) is 47.5 Å². The Hall–Kier alpha value is -1.98. The number of nitrogens with zero attached hydrogens (tertiary/aromatic N) is 1. The molecule has 0 bridgehead atoms. The number of carboxylic acids is 1. The lowest BCUT2D eigenvalue weighted by Gasteiger charge is -2.08. The molecule has 0 atom stereocenters. The van der Waals surface area contributed by atoms with E-state index in [2.05, 4.69) is 36.8 Å². The standard InChI is InChI=1S/C18H11Br2NO2/c19-14-5-1-11(2-6-14)13-9-16(21-17(10-13)18(22)23)12-3-7-15(20)8-4-12/h1-10H,(H,22,23). The maximum atomic E-state index is 11.4. The van der Waals surface area contributed by atoms with Crippen LogP contribution in [0.3, 0.4) is 0 Å². The molecule has 1 heterocycles. The summed E-state index contributed by atoms with van der Waals surface area (Å²) in [6, 6.07) is 18.9. The van der Waals surface area contributed by atoms with Gasteiger partial charge in [-0.1, -0.05) is 56.1 Å². The molecule has 3 nitrogen and oxygen atoms in total. The van der Waals surface area contributed by atoms with Gasteiger partial charge in [0.25, 0.3) is 0 Å². The average Bonchev–Trinajstić information content (AvgIpc) is 2.55. The van der Waals surface area contributed by atoms with E-state index >= 15 is 0 Å². The second kappa shape index (κ2) is 6.64. The van der Waals surface area contributed by atoms with Crippen molar-refractivity contribution in [1.29, 1.82) is 0 Å². The predicted molar refractivity (Wildman–Crippen MR) is 97.5 cm³/mol. The van der Waals surface area contributed by atoms with Crippen LogP contribution in [0.25, 0.3) is 22.4 Å². The van der Waals surface area contributed by atoms with Gasteiger partial charge in [0.15, 0.2) is 0 Å². The van der Waals surface area contributed by atoms with Crippen molar-refractivity contribution in [2.45, 2.75) is 0 Å². The number of rotatable bonds is 3. The summed E-state index contributed by atoms with van der Waals surface area (Å²) in [7, 11) is 0. The second-order valence-electron chi connectivity index (χ2n) is 4.95. The molecule has 0 aliphatic rings. The predicted octanol–water partition coefficient (Wildman–Crippen LogP) is 5.64. The molecule has 0 aliphatic carbocycles. The summed E-state index contributed by atoms with van der Waals surface area (Å²) >= 11 is 6.80. The van der Waals surface area contributed by atoms with E-state index < -0.39 is 5.97 Å². The third-order valence-corrected chi connectivity index (χ3v) is 4.42. The monoisotopic (exact) mass is 431 g/mol. The summed E-state index contributed by atoms with van der Waals surface area (Å²) < 4.78 is 1.94. The number of pyridine rings is 1. The van der Waals surface area contributed by atoms with Crippen LogP contribution in [0.2, 0.25) is 0 Å². The largest absolute Gasteiger partial charge is 0.477 e. The highest BCUT2D eigenvalue weighted by molar-refractivity contribution is 9.10. The van der Waals surface area contributed by atoms with Crippen molar-refractivity contribution in [3.8, 4) is 22.4 Å². The first-order valence-corrected chi connectivity index (χ1v) is 8.39. The fourth-order valence-corrected chi connectivity index (χ4v) is 2.75. The van der Waals surface area contributed by atoms with Crippen molar-refractivity contribution in [3.05, 3.63) is 75.3 Å². The van der Waals surface area contributed by atoms with E-state index in [9.17, 15) is 9.90 Å². The molecule has 114 valence electrons. The fraction of sp³-hybridized carbons (Fsp3) is 0. The highest BCUT2D eigenvalue weighted by Crippen LogP contribution is 2.28. The smallest absolute Gasteiger partial charge is 0.354 e. The van der Waals surface area contributed by atoms with Crippen LogP contribution in [0.15, 0.2) is 69.6 Å². The molecule has 0 aliphatic heterocycles. The van der Waals surface area contributed by atoms with Gasteiger partial charge < -0.3 is 5.11 Å². The van der Waals surface area contributed by atoms with Crippen molar-refractivity contribution in [2.24, 2.45) is 0 Å². The summed E-state index contributed by atoms with van der Waals surface area (Å²) in [6.45, 7) is 0. The number of aromatic nitrogens is 1. The summed E-state index contributed by atoms with van der Waals surface area (Å²) in [5, 5.41) is 9.34. The van der Waals surface area contributed by atoms with Crippen LogP contribution in [0, 0.1) is 0 Å². The molecule has 5 heteroatoms. The summed E-state index contributed by atoms with van der Waals surface area (Å²) in [5.74, 6) is -1.04. The Kier molecular flexibility index (Phi) is 4.59. The molecule has 0 saturated heterocycles. The number of carbonyl (C=O) groups is 1. The van der Waals surface area contributed by atoms with Crippen LogP contribution in [0.5, 0.6) is 0 Å². The van der Waals surface area contributed by atoms with E-state index in [-0.39, 0.29) is 5.69 Å². The van der Waals surface area contributed by atoms with Crippen LogP contribution in [0.4, 0.5) is 0 Å². The van der Waals surface area contributed by atoms with Gasteiger partial charge >= 0.3 is 5.97 Å². The van der Waals surface area contributed by atoms with E-state index in [0.29, 0.717) is 5.69 Å². The molecule has 1 aromatic heterocycles. The molecule has 0 unspecified atom stereocenters. The Morgan fingerprint density at radius 3 is 1.83 bits per heavy atom. The van der Waals surface area contributed by atoms with Gasteiger partial charge in [-0.25, -0.2) is 9.78 Å². The van der Waals surface area contributed by atoms with Crippen molar-refractivity contribution in [1.82, 2.24) is 4.98 Å². The van der Waals surface area contributed by atoms with E-state index in [1.807, 2.05) is 54.6 Å². The van der Waals surface area contributed by atoms with Crippen LogP contribution in [0.1, 0.15) is 10.5 Å². The Morgan fingerprint density at radius 2 is 1.30 bits per heavy atom. The van der Waals surface area contributed by atoms with Gasteiger partial charge in [0, 0.05) is 14.5 Å². The molecule has 3 rings (SSSR count). The van der Waals surface area contributed by atoms with Gasteiger partial charge in [-0.3, -0.25) is 0 Å². The maximum Gasteiger partial charge on any atom is 0.354 e. The average molecular weight is 433 g/mol. The van der Waals surface area contributed by atoms with E-state index in [0.717, 1.165) is 25.6 Å². The Labute approximate surface area is 150 Å². The quantitative estimate of drug-likeness (QED) is 0.582. The molecule has 0 saturated carbocycles. The van der Waals surface area contributed by atoms with Crippen LogP contribution in [-0.2, 0) is 0 Å². The number of halogens is 2. The minimum atomic E-state index is -1.04. The van der Waals surface area contributed by atoms with Gasteiger partial charge in [0.2, 0.25) is 0 Å². The van der Waals surface area contributed by atoms with Gasteiger partial charge in [-0.2, -0.15) is 0 Å². The molecule has 0 spiro atoms. The molecule has 23 heavy (non-hydrogen) atoms. The SMILES string of the molecule is O=C(O)c1cc(-c2ccc(Br)cc2)cc(-c2ccc(Br)cc2)n1. The number of hydrogen-bond donors (Lipinski definition) is 1. The van der Waals surface area contributed by atoms with Crippen molar-refractivity contribution in [2.75, 3.05) is 0 Å². The lowest BCUT2D eigenvalue weighted by molar-refractivity contribution is 0.0690. The summed E-state index contributed by atoms with van der Waals surface area (Å²) in [6.07, 6.45) is 0. The number of hydrogen-bond acceptors (Lipinski definition) is 2. The number of benzene rings is 2. The fourth-order valence-electron chi connectivity index (χ4n) is 2.22. The third kappa shape index (κ3) is 3.68. The normalized spacial score (nSPS) is 10.5. The van der Waals surface area contributed by atoms with Crippen molar-refractivity contribution < 1.29 is 9.90 Å². The zero-order valence-electron chi connectivity index (χ0n) is 11.8. The Morgan fingerprint density at radius 1 is 0.783 bits per heavy atom. The molecule has 2 aromatic carbocycles. The zero-order valence-corrected chi connectivity index (χ0v) is 15.0. The first-order valence-electron chi connectivity index (χ1n) is 6.80. The molecule has 0 amide bonds. The molecular weight excluding hydrogens is 422 g/mol. The van der Waals surface area contributed by atoms with Crippen LogP contribution < -0.4 is 0 Å². The molecule has 0 radical (unpaired) electrons. The molecule has 3 aromatic rings. The lowest BCUT2D eigenvalue weighted by Crippen LogP contribution is -2.02. The number of aromatic carboxylic acids is 1. The van der Waals surface area contributed by atoms with E-state index in [1.165, 1.54) is 0 Å². The minimum absolute atomic E-state index is 0.0309. The first-order chi connectivity index (χ1) is 11.0. The van der Waals surface area contributed by atoms with Crippen LogP contribution in [-0.4, -0.2) is 16.1 Å². The first kappa shape index (κ1) is 15.9. The van der Waals surface area contributed by atoms with Crippen molar-refractivity contribution in [3.63, 3.8) is 0 Å². The third-order valence-electron chi connectivity index (χ3n) is 3.36. The van der Waals surface area contributed by atoms with Gasteiger partial charge in [0.1, 0.15) is 5.69 Å². The minimum Gasteiger partial charge on any atom is -0.477 e. The van der Waals surface area contributed by atoms with Gasteiger partial charge in [-0.15, -0.1) is 0 Å². The Balaban J connectivity index is 2.15. The Bertz CT molecular complexity index is 795.